The van der Waals surface area contributed by atoms with Crippen molar-refractivity contribution in [2.24, 2.45) is 5.92 Å². The Morgan fingerprint density at radius 3 is 2.89 bits per heavy atom. The minimum atomic E-state index is -0.401. The summed E-state index contributed by atoms with van der Waals surface area (Å²) >= 11 is 0. The van der Waals surface area contributed by atoms with Crippen molar-refractivity contribution in [3.8, 4) is 11.6 Å². The largest absolute Gasteiger partial charge is 0.480 e. The van der Waals surface area contributed by atoms with Gasteiger partial charge in [-0.05, 0) is 36.5 Å². The molecular formula is C22H24N2O4. The van der Waals surface area contributed by atoms with Crippen LogP contribution in [0.2, 0.25) is 0 Å². The van der Waals surface area contributed by atoms with Crippen LogP contribution >= 0.6 is 0 Å². The van der Waals surface area contributed by atoms with Crippen molar-refractivity contribution < 1.29 is 19.0 Å². The molecule has 0 aliphatic carbocycles. The van der Waals surface area contributed by atoms with Gasteiger partial charge < -0.3 is 19.1 Å². The number of pyridine rings is 1. The van der Waals surface area contributed by atoms with E-state index < -0.39 is 6.10 Å². The Kier molecular flexibility index (Phi) is 4.43. The predicted molar refractivity (Wildman–Crippen MR) is 102 cm³/mol. The molecule has 0 N–H and O–H groups in total. The molecule has 0 unspecified atom stereocenters. The van der Waals surface area contributed by atoms with Gasteiger partial charge >= 0.3 is 0 Å². The minimum Gasteiger partial charge on any atom is -0.480 e. The lowest BCUT2D eigenvalue weighted by molar-refractivity contribution is -0.171. The van der Waals surface area contributed by atoms with E-state index in [0.717, 1.165) is 30.8 Å². The van der Waals surface area contributed by atoms with E-state index in [1.165, 1.54) is 0 Å². The van der Waals surface area contributed by atoms with E-state index in [1.54, 1.807) is 6.20 Å². The number of benzene rings is 1. The van der Waals surface area contributed by atoms with Crippen molar-refractivity contribution in [3.63, 3.8) is 0 Å². The highest BCUT2D eigenvalue weighted by atomic mass is 16.5. The molecule has 2 atom stereocenters. The zero-order valence-electron chi connectivity index (χ0n) is 15.8. The Balaban J connectivity index is 1.14. The predicted octanol–water partition coefficient (Wildman–Crippen LogP) is 2.47. The fraction of sp³-hybridized carbons (Fsp3) is 0.455. The fourth-order valence-corrected chi connectivity index (χ4v) is 4.56. The maximum atomic E-state index is 12.9. The standard InChI is InChI=1S/C22H24N2O4/c25-21(19-13-16-5-1-2-6-18(16)28-19)24-14-22(15-24)17(9-12-27-22)8-11-26-20-7-3-4-10-23-20/h1-7,10,17,19H,8-9,11-15H2/t17-,19-/m1/s1. The number of para-hydroxylation sites is 1. The van der Waals surface area contributed by atoms with Crippen molar-refractivity contribution in [3.05, 3.63) is 54.2 Å². The van der Waals surface area contributed by atoms with Gasteiger partial charge in [0.25, 0.3) is 5.91 Å². The van der Waals surface area contributed by atoms with Crippen molar-refractivity contribution in [2.75, 3.05) is 26.3 Å². The molecule has 1 spiro atoms. The molecule has 1 amide bonds. The third-order valence-electron chi connectivity index (χ3n) is 6.11. The third-order valence-corrected chi connectivity index (χ3v) is 6.11. The number of likely N-dealkylation sites (tertiary alicyclic amines) is 1. The summed E-state index contributed by atoms with van der Waals surface area (Å²) in [6, 6.07) is 13.5. The van der Waals surface area contributed by atoms with Crippen LogP contribution in [0.3, 0.4) is 0 Å². The number of hydrogen-bond acceptors (Lipinski definition) is 5. The second kappa shape index (κ2) is 7.09. The van der Waals surface area contributed by atoms with Crippen LogP contribution in [0.15, 0.2) is 48.7 Å². The van der Waals surface area contributed by atoms with Crippen molar-refractivity contribution in [2.45, 2.75) is 31.0 Å². The highest BCUT2D eigenvalue weighted by Crippen LogP contribution is 2.42. The average Bonchev–Trinajstić information content (AvgIpc) is 3.31. The molecule has 6 nitrogen and oxygen atoms in total. The first-order valence-electron chi connectivity index (χ1n) is 9.95. The lowest BCUT2D eigenvalue weighted by Crippen LogP contribution is -2.67. The van der Waals surface area contributed by atoms with Gasteiger partial charge in [0.1, 0.15) is 11.4 Å². The summed E-state index contributed by atoms with van der Waals surface area (Å²) in [6.45, 7) is 2.66. The fourth-order valence-electron chi connectivity index (χ4n) is 4.56. The molecule has 5 rings (SSSR count). The third kappa shape index (κ3) is 3.11. The molecule has 2 fully saturated rings. The molecule has 146 valence electrons. The molecule has 4 heterocycles. The van der Waals surface area contributed by atoms with Crippen LogP contribution in [0.25, 0.3) is 0 Å². The Labute approximate surface area is 164 Å². The maximum Gasteiger partial charge on any atom is 0.264 e. The summed E-state index contributed by atoms with van der Waals surface area (Å²) < 4.78 is 17.7. The summed E-state index contributed by atoms with van der Waals surface area (Å²) in [4.78, 5) is 18.9. The number of nitrogens with zero attached hydrogens (tertiary/aromatic N) is 2. The molecule has 0 bridgehead atoms. The number of hydrogen-bond donors (Lipinski definition) is 0. The Morgan fingerprint density at radius 1 is 1.21 bits per heavy atom. The number of carbonyl (C=O) groups excluding carboxylic acids is 1. The van der Waals surface area contributed by atoms with E-state index in [1.807, 2.05) is 47.4 Å². The molecule has 0 radical (unpaired) electrons. The Bertz CT molecular complexity index is 826. The second-order valence-corrected chi connectivity index (χ2v) is 7.82. The van der Waals surface area contributed by atoms with E-state index in [0.29, 0.717) is 37.9 Å². The van der Waals surface area contributed by atoms with Gasteiger partial charge in [0.05, 0.1) is 19.7 Å². The van der Waals surface area contributed by atoms with Crippen molar-refractivity contribution in [1.29, 1.82) is 0 Å². The minimum absolute atomic E-state index is 0.0702. The summed E-state index contributed by atoms with van der Waals surface area (Å²) in [5.41, 5.74) is 0.895. The van der Waals surface area contributed by atoms with Gasteiger partial charge in [-0.15, -0.1) is 0 Å². The molecule has 2 aromatic rings. The number of carbonyl (C=O) groups is 1. The summed E-state index contributed by atoms with van der Waals surface area (Å²) in [6.07, 6.45) is 3.90. The normalized spacial score (nSPS) is 24.5. The maximum absolute atomic E-state index is 12.9. The van der Waals surface area contributed by atoms with E-state index >= 15 is 0 Å². The van der Waals surface area contributed by atoms with E-state index in [-0.39, 0.29) is 11.5 Å². The number of rotatable bonds is 5. The first-order valence-corrected chi connectivity index (χ1v) is 9.95. The van der Waals surface area contributed by atoms with Gasteiger partial charge in [-0.25, -0.2) is 4.98 Å². The van der Waals surface area contributed by atoms with E-state index in [9.17, 15) is 4.79 Å². The van der Waals surface area contributed by atoms with Crippen LogP contribution in [-0.4, -0.2) is 53.8 Å². The van der Waals surface area contributed by atoms with Crippen molar-refractivity contribution in [1.82, 2.24) is 9.88 Å². The smallest absolute Gasteiger partial charge is 0.264 e. The molecule has 3 aliphatic rings. The topological polar surface area (TPSA) is 60.9 Å². The van der Waals surface area contributed by atoms with Gasteiger partial charge in [-0.2, -0.15) is 0 Å². The summed E-state index contributed by atoms with van der Waals surface area (Å²) in [7, 11) is 0. The number of fused-ring (bicyclic) bond motifs is 1. The van der Waals surface area contributed by atoms with Gasteiger partial charge in [0.2, 0.25) is 5.88 Å². The Hall–Kier alpha value is -2.60. The summed E-state index contributed by atoms with van der Waals surface area (Å²) in [5.74, 6) is 1.96. The molecule has 0 saturated carbocycles. The van der Waals surface area contributed by atoms with E-state index in [4.69, 9.17) is 14.2 Å². The quantitative estimate of drug-likeness (QED) is 0.798. The van der Waals surface area contributed by atoms with Crippen LogP contribution in [0.4, 0.5) is 0 Å². The first kappa shape index (κ1) is 17.5. The van der Waals surface area contributed by atoms with Gasteiger partial charge in [0.15, 0.2) is 6.10 Å². The van der Waals surface area contributed by atoms with Crippen LogP contribution < -0.4 is 9.47 Å². The monoisotopic (exact) mass is 380 g/mol. The molecule has 2 saturated heterocycles. The molecule has 3 aliphatic heterocycles. The highest BCUT2D eigenvalue weighted by Gasteiger charge is 2.55. The first-order chi connectivity index (χ1) is 13.7. The van der Waals surface area contributed by atoms with Gasteiger partial charge in [-0.1, -0.05) is 24.3 Å². The second-order valence-electron chi connectivity index (χ2n) is 7.82. The van der Waals surface area contributed by atoms with E-state index in [2.05, 4.69) is 4.98 Å². The molecule has 1 aromatic carbocycles. The summed E-state index contributed by atoms with van der Waals surface area (Å²) in [5, 5.41) is 0. The lowest BCUT2D eigenvalue weighted by Gasteiger charge is -2.50. The van der Waals surface area contributed by atoms with Crippen LogP contribution in [0.1, 0.15) is 18.4 Å². The number of ether oxygens (including phenoxy) is 3. The number of amides is 1. The van der Waals surface area contributed by atoms with Crippen LogP contribution in [-0.2, 0) is 16.0 Å². The average molecular weight is 380 g/mol. The molecule has 6 heteroatoms. The zero-order chi connectivity index (χ0) is 19.0. The Morgan fingerprint density at radius 2 is 2.07 bits per heavy atom. The SMILES string of the molecule is O=C([C@H]1Cc2ccccc2O1)N1CC2(C1)OCC[C@H]2CCOc1ccccn1. The molecule has 1 aromatic heterocycles. The number of aromatic nitrogens is 1. The molecule has 28 heavy (non-hydrogen) atoms. The van der Waals surface area contributed by atoms with Gasteiger partial charge in [-0.3, -0.25) is 4.79 Å². The lowest BCUT2D eigenvalue weighted by atomic mass is 9.79. The van der Waals surface area contributed by atoms with Gasteiger partial charge in [0, 0.05) is 25.3 Å². The van der Waals surface area contributed by atoms with Crippen LogP contribution in [0, 0.1) is 5.92 Å². The highest BCUT2D eigenvalue weighted by molar-refractivity contribution is 5.83. The van der Waals surface area contributed by atoms with Crippen LogP contribution in [0.5, 0.6) is 11.6 Å². The van der Waals surface area contributed by atoms with Crippen molar-refractivity contribution >= 4 is 5.91 Å². The zero-order valence-corrected chi connectivity index (χ0v) is 15.8. The molecular weight excluding hydrogens is 356 g/mol.